The van der Waals surface area contributed by atoms with Gasteiger partial charge in [-0.15, -0.1) is 0 Å². The lowest BCUT2D eigenvalue weighted by atomic mass is 10.1. The molecule has 31 heavy (non-hydrogen) atoms. The Morgan fingerprint density at radius 1 is 1.19 bits per heavy atom. The van der Waals surface area contributed by atoms with Crippen LogP contribution in [-0.4, -0.2) is 51.1 Å². The fraction of sp³-hybridized carbons (Fsp3) is 0.435. The Bertz CT molecular complexity index is 1060. The van der Waals surface area contributed by atoms with Crippen molar-refractivity contribution in [1.29, 1.82) is 0 Å². The third kappa shape index (κ3) is 5.18. The first kappa shape index (κ1) is 23.1. The van der Waals surface area contributed by atoms with Gasteiger partial charge in [0.05, 0.1) is 17.1 Å². The largest absolute Gasteiger partial charge is 0.361 e. The first-order chi connectivity index (χ1) is 15.0. The highest BCUT2D eigenvalue weighted by Crippen LogP contribution is 2.22. The minimum absolute atomic E-state index is 0.0496. The summed E-state index contributed by atoms with van der Waals surface area (Å²) in [5, 5.41) is 8.29. The smallest absolute Gasteiger partial charge is 0.273 e. The SMILES string of the molecule is CCCN(CCNC(=O)Cc1c[nH]c2c(CC)cccc12)C(=O)c1c(Br)cnn1CC. The third-order valence-corrected chi connectivity index (χ3v) is 5.98. The molecule has 0 unspecified atom stereocenters. The van der Waals surface area contributed by atoms with Crippen LogP contribution in [0.25, 0.3) is 10.9 Å². The van der Waals surface area contributed by atoms with Gasteiger partial charge in [-0.1, -0.05) is 32.0 Å². The van der Waals surface area contributed by atoms with Crippen LogP contribution < -0.4 is 5.32 Å². The zero-order chi connectivity index (χ0) is 22.4. The fourth-order valence-electron chi connectivity index (χ4n) is 3.83. The van der Waals surface area contributed by atoms with Gasteiger partial charge in [-0.05, 0) is 46.8 Å². The molecule has 0 aliphatic rings. The summed E-state index contributed by atoms with van der Waals surface area (Å²) in [6, 6.07) is 6.18. The van der Waals surface area contributed by atoms with Gasteiger partial charge in [0.2, 0.25) is 5.91 Å². The van der Waals surface area contributed by atoms with Crippen molar-refractivity contribution in [3.63, 3.8) is 0 Å². The molecule has 166 valence electrons. The summed E-state index contributed by atoms with van der Waals surface area (Å²) in [5.41, 5.74) is 3.88. The number of para-hydroxylation sites is 1. The van der Waals surface area contributed by atoms with Gasteiger partial charge in [0.1, 0.15) is 5.69 Å². The molecule has 0 bridgehead atoms. The molecule has 0 aliphatic heterocycles. The van der Waals surface area contributed by atoms with Crippen molar-refractivity contribution >= 4 is 38.6 Å². The molecule has 2 heterocycles. The van der Waals surface area contributed by atoms with Gasteiger partial charge in [-0.2, -0.15) is 5.10 Å². The number of amides is 2. The maximum Gasteiger partial charge on any atom is 0.273 e. The van der Waals surface area contributed by atoms with Gasteiger partial charge in [0.25, 0.3) is 5.91 Å². The minimum Gasteiger partial charge on any atom is -0.361 e. The molecule has 0 saturated heterocycles. The number of hydrogen-bond acceptors (Lipinski definition) is 3. The summed E-state index contributed by atoms with van der Waals surface area (Å²) >= 11 is 3.43. The molecule has 8 heteroatoms. The molecule has 2 N–H and O–H groups in total. The van der Waals surface area contributed by atoms with Crippen LogP contribution in [0.4, 0.5) is 0 Å². The zero-order valence-corrected chi connectivity index (χ0v) is 20.0. The molecule has 3 rings (SSSR count). The van der Waals surface area contributed by atoms with E-state index in [4.69, 9.17) is 0 Å². The molecule has 3 aromatic rings. The average Bonchev–Trinajstić information content (AvgIpc) is 3.35. The van der Waals surface area contributed by atoms with Crippen LogP contribution in [-0.2, 0) is 24.2 Å². The maximum atomic E-state index is 13.1. The molecule has 0 atom stereocenters. The van der Waals surface area contributed by atoms with Crippen LogP contribution in [0.2, 0.25) is 0 Å². The molecule has 1 aromatic carbocycles. The lowest BCUT2D eigenvalue weighted by Crippen LogP contribution is -2.40. The van der Waals surface area contributed by atoms with Crippen molar-refractivity contribution in [2.45, 2.75) is 46.6 Å². The minimum atomic E-state index is -0.0777. The van der Waals surface area contributed by atoms with Crippen molar-refractivity contribution in [3.05, 3.63) is 51.9 Å². The molecule has 0 radical (unpaired) electrons. The Balaban J connectivity index is 1.60. The number of aromatic nitrogens is 3. The van der Waals surface area contributed by atoms with Crippen molar-refractivity contribution in [3.8, 4) is 0 Å². The monoisotopic (exact) mass is 487 g/mol. The number of aromatic amines is 1. The van der Waals surface area contributed by atoms with Crippen molar-refractivity contribution < 1.29 is 9.59 Å². The average molecular weight is 488 g/mol. The number of fused-ring (bicyclic) bond motifs is 1. The first-order valence-electron chi connectivity index (χ1n) is 10.8. The highest BCUT2D eigenvalue weighted by atomic mass is 79.9. The van der Waals surface area contributed by atoms with E-state index in [0.717, 1.165) is 29.3 Å². The van der Waals surface area contributed by atoms with Gasteiger partial charge in [-0.25, -0.2) is 0 Å². The molecule has 0 saturated carbocycles. The third-order valence-electron chi connectivity index (χ3n) is 5.40. The van der Waals surface area contributed by atoms with Crippen LogP contribution in [0.15, 0.2) is 35.1 Å². The van der Waals surface area contributed by atoms with Crippen LogP contribution in [0.1, 0.15) is 48.8 Å². The molecule has 0 fully saturated rings. The number of nitrogens with one attached hydrogen (secondary N) is 2. The van der Waals surface area contributed by atoms with E-state index >= 15 is 0 Å². The van der Waals surface area contributed by atoms with Gasteiger partial charge in [0, 0.05) is 43.3 Å². The van der Waals surface area contributed by atoms with Crippen molar-refractivity contribution in [2.24, 2.45) is 0 Å². The quantitative estimate of drug-likeness (QED) is 0.454. The second-order valence-corrected chi connectivity index (χ2v) is 8.34. The van der Waals surface area contributed by atoms with E-state index in [9.17, 15) is 9.59 Å². The summed E-state index contributed by atoms with van der Waals surface area (Å²) in [7, 11) is 0. The van der Waals surface area contributed by atoms with E-state index in [1.165, 1.54) is 5.56 Å². The second-order valence-electron chi connectivity index (χ2n) is 7.48. The predicted molar refractivity (Wildman–Crippen MR) is 126 cm³/mol. The van der Waals surface area contributed by atoms with E-state index in [0.29, 0.717) is 42.8 Å². The number of benzene rings is 1. The lowest BCUT2D eigenvalue weighted by Gasteiger charge is -2.23. The van der Waals surface area contributed by atoms with Crippen LogP contribution in [0.5, 0.6) is 0 Å². The Morgan fingerprint density at radius 3 is 2.71 bits per heavy atom. The standard InChI is InChI=1S/C23H30BrN5O2/c1-4-11-28(23(31)22-19(24)15-27-29(22)6-3)12-10-25-20(30)13-17-14-26-21-16(5-2)8-7-9-18(17)21/h7-9,14-15,26H,4-6,10-13H2,1-3H3,(H,25,30). The van der Waals surface area contributed by atoms with Crippen molar-refractivity contribution in [2.75, 3.05) is 19.6 Å². The lowest BCUT2D eigenvalue weighted by molar-refractivity contribution is -0.120. The van der Waals surface area contributed by atoms with Crippen LogP contribution in [0.3, 0.4) is 0 Å². The second kappa shape index (κ2) is 10.6. The van der Waals surface area contributed by atoms with Gasteiger partial charge in [0.15, 0.2) is 0 Å². The molecule has 0 spiro atoms. The molecule has 2 aromatic heterocycles. The van der Waals surface area contributed by atoms with Crippen molar-refractivity contribution in [1.82, 2.24) is 25.0 Å². The highest BCUT2D eigenvalue weighted by Gasteiger charge is 2.22. The number of H-pyrrole nitrogens is 1. The van der Waals surface area contributed by atoms with Gasteiger partial charge < -0.3 is 15.2 Å². The summed E-state index contributed by atoms with van der Waals surface area (Å²) in [6.45, 7) is 8.21. The normalized spacial score (nSPS) is 11.1. The van der Waals surface area contributed by atoms with E-state index in [1.54, 1.807) is 15.8 Å². The van der Waals surface area contributed by atoms with E-state index < -0.39 is 0 Å². The molecule has 2 amide bonds. The van der Waals surface area contributed by atoms with Gasteiger partial charge >= 0.3 is 0 Å². The summed E-state index contributed by atoms with van der Waals surface area (Å²) in [4.78, 5) is 30.7. The highest BCUT2D eigenvalue weighted by molar-refractivity contribution is 9.10. The number of nitrogens with zero attached hydrogens (tertiary/aromatic N) is 3. The first-order valence-corrected chi connectivity index (χ1v) is 11.6. The number of carbonyl (C=O) groups is 2. The number of aryl methyl sites for hydroxylation is 2. The number of carbonyl (C=O) groups excluding carboxylic acids is 2. The Hall–Kier alpha value is -2.61. The Kier molecular flexibility index (Phi) is 7.90. The topological polar surface area (TPSA) is 83.0 Å². The summed E-state index contributed by atoms with van der Waals surface area (Å²) in [5.74, 6) is -0.127. The Morgan fingerprint density at radius 2 is 2.00 bits per heavy atom. The van der Waals surface area contributed by atoms with Crippen LogP contribution in [0, 0.1) is 0 Å². The zero-order valence-electron chi connectivity index (χ0n) is 18.4. The van der Waals surface area contributed by atoms with E-state index in [2.05, 4.69) is 44.3 Å². The van der Waals surface area contributed by atoms with Gasteiger partial charge in [-0.3, -0.25) is 14.3 Å². The fourth-order valence-corrected chi connectivity index (χ4v) is 4.30. The Labute approximate surface area is 191 Å². The number of halogens is 1. The van der Waals surface area contributed by atoms with E-state index in [-0.39, 0.29) is 11.8 Å². The molecular weight excluding hydrogens is 458 g/mol. The maximum absolute atomic E-state index is 13.1. The number of rotatable bonds is 10. The van der Waals surface area contributed by atoms with Crippen LogP contribution >= 0.6 is 15.9 Å². The molecular formula is C23H30BrN5O2. The number of hydrogen-bond donors (Lipinski definition) is 2. The predicted octanol–water partition coefficient (Wildman–Crippen LogP) is 3.92. The summed E-state index contributed by atoms with van der Waals surface area (Å²) < 4.78 is 2.38. The molecule has 7 nitrogen and oxygen atoms in total. The van der Waals surface area contributed by atoms with E-state index in [1.807, 2.05) is 32.2 Å². The summed E-state index contributed by atoms with van der Waals surface area (Å²) in [6.07, 6.45) is 5.65. The molecule has 0 aliphatic carbocycles.